The number of nitrogens with one attached hydrogen (secondary N) is 2. The molecule has 3 amide bonds. The molecule has 5 nitrogen and oxygen atoms in total. The first kappa shape index (κ1) is 18.7. The van der Waals surface area contributed by atoms with Crippen molar-refractivity contribution in [2.45, 2.75) is 19.5 Å². The van der Waals surface area contributed by atoms with Crippen molar-refractivity contribution < 1.29 is 27.2 Å². The van der Waals surface area contributed by atoms with Crippen LogP contribution >= 0.6 is 0 Å². The quantitative estimate of drug-likeness (QED) is 0.797. The molecular weight excluding hydrogens is 366 g/mol. The van der Waals surface area contributed by atoms with Gasteiger partial charge in [-0.25, -0.2) is 22.4 Å². The Morgan fingerprint density at radius 2 is 1.93 bits per heavy atom. The summed E-state index contributed by atoms with van der Waals surface area (Å²) < 4.78 is 54.0. The van der Waals surface area contributed by atoms with Crippen LogP contribution < -0.4 is 10.6 Å². The number of hydrogen-bond acceptors (Lipinski definition) is 2. The smallest absolute Gasteiger partial charge is 0.322 e. The summed E-state index contributed by atoms with van der Waals surface area (Å²) in [6, 6.07) is 3.67. The maximum absolute atomic E-state index is 13.9. The molecule has 1 atom stereocenters. The summed E-state index contributed by atoms with van der Waals surface area (Å²) in [5.41, 5.74) is 0.142. The van der Waals surface area contributed by atoms with Crippen LogP contribution in [0.3, 0.4) is 0 Å². The number of anilines is 1. The molecule has 1 aliphatic heterocycles. The highest BCUT2D eigenvalue weighted by atomic mass is 19.2. The molecule has 0 aromatic heterocycles. The predicted molar refractivity (Wildman–Crippen MR) is 88.7 cm³/mol. The number of fused-ring (bicyclic) bond motifs is 1. The van der Waals surface area contributed by atoms with Crippen molar-refractivity contribution >= 4 is 17.6 Å². The summed E-state index contributed by atoms with van der Waals surface area (Å²) in [4.78, 5) is 25.2. The van der Waals surface area contributed by atoms with E-state index in [0.29, 0.717) is 6.07 Å². The van der Waals surface area contributed by atoms with E-state index in [1.165, 1.54) is 19.1 Å². The molecule has 0 bridgehead atoms. The minimum Gasteiger partial charge on any atom is -0.348 e. The molecule has 0 fully saturated rings. The Morgan fingerprint density at radius 3 is 2.63 bits per heavy atom. The number of hydrogen-bond donors (Lipinski definition) is 2. The van der Waals surface area contributed by atoms with Crippen molar-refractivity contribution in [2.24, 2.45) is 0 Å². The first-order valence-electron chi connectivity index (χ1n) is 8.03. The molecule has 9 heteroatoms. The lowest BCUT2D eigenvalue weighted by Gasteiger charge is -2.29. The minimum atomic E-state index is -1.10. The summed E-state index contributed by atoms with van der Waals surface area (Å²) in [5.74, 6) is -4.35. The fourth-order valence-electron chi connectivity index (χ4n) is 2.84. The second-order valence-electron chi connectivity index (χ2n) is 6.13. The van der Waals surface area contributed by atoms with Crippen LogP contribution in [0.5, 0.6) is 0 Å². The summed E-state index contributed by atoms with van der Waals surface area (Å²) in [5, 5.41) is 4.87. The Bertz CT molecular complexity index is 920. The Morgan fingerprint density at radius 1 is 1.19 bits per heavy atom. The van der Waals surface area contributed by atoms with E-state index < -0.39 is 47.8 Å². The van der Waals surface area contributed by atoms with Crippen molar-refractivity contribution in [1.82, 2.24) is 10.2 Å². The van der Waals surface area contributed by atoms with Crippen molar-refractivity contribution in [2.75, 3.05) is 11.9 Å². The monoisotopic (exact) mass is 381 g/mol. The third-order valence-corrected chi connectivity index (χ3v) is 4.21. The molecular formula is C18H15F4N3O2. The lowest BCUT2D eigenvalue weighted by molar-refractivity contribution is -0.122. The van der Waals surface area contributed by atoms with Gasteiger partial charge in [0, 0.05) is 17.2 Å². The zero-order valence-corrected chi connectivity index (χ0v) is 14.2. The van der Waals surface area contributed by atoms with E-state index in [0.717, 1.165) is 17.0 Å². The molecule has 1 heterocycles. The minimum absolute atomic E-state index is 0.0694. The van der Waals surface area contributed by atoms with E-state index >= 15 is 0 Å². The maximum Gasteiger partial charge on any atom is 0.322 e. The van der Waals surface area contributed by atoms with Gasteiger partial charge in [0.15, 0.2) is 11.6 Å². The number of urea groups is 1. The first-order chi connectivity index (χ1) is 12.8. The Balaban J connectivity index is 1.68. The number of nitrogens with zero attached hydrogens (tertiary/aromatic N) is 1. The van der Waals surface area contributed by atoms with E-state index in [4.69, 9.17) is 0 Å². The van der Waals surface area contributed by atoms with Gasteiger partial charge >= 0.3 is 6.03 Å². The number of benzene rings is 2. The third kappa shape index (κ3) is 3.86. The van der Waals surface area contributed by atoms with Gasteiger partial charge in [-0.3, -0.25) is 4.79 Å². The SMILES string of the molecule is C[C@H](NC(=O)CN1Cc2c(ccc(F)c2F)NC1=O)c1ccc(F)cc1F. The van der Waals surface area contributed by atoms with Gasteiger partial charge in [0.25, 0.3) is 0 Å². The second-order valence-corrected chi connectivity index (χ2v) is 6.13. The van der Waals surface area contributed by atoms with Crippen molar-refractivity contribution in [3.63, 3.8) is 0 Å². The normalized spacial score (nSPS) is 14.4. The van der Waals surface area contributed by atoms with E-state index in [1.54, 1.807) is 0 Å². The lowest BCUT2D eigenvalue weighted by atomic mass is 10.1. The molecule has 3 rings (SSSR count). The Kier molecular flexibility index (Phi) is 5.02. The van der Waals surface area contributed by atoms with Crippen LogP contribution in [0.15, 0.2) is 30.3 Å². The van der Waals surface area contributed by atoms with Gasteiger partial charge in [-0.05, 0) is 25.1 Å². The highest BCUT2D eigenvalue weighted by molar-refractivity contribution is 5.94. The molecule has 1 aliphatic rings. The molecule has 0 radical (unpaired) electrons. The third-order valence-electron chi connectivity index (χ3n) is 4.21. The van der Waals surface area contributed by atoms with Crippen LogP contribution in [-0.4, -0.2) is 23.4 Å². The molecule has 0 saturated heterocycles. The van der Waals surface area contributed by atoms with Crippen molar-refractivity contribution in [1.29, 1.82) is 0 Å². The Hall–Kier alpha value is -3.10. The number of rotatable bonds is 4. The molecule has 2 aromatic carbocycles. The van der Waals surface area contributed by atoms with Crippen LogP contribution in [-0.2, 0) is 11.3 Å². The van der Waals surface area contributed by atoms with Gasteiger partial charge in [0.1, 0.15) is 18.2 Å². The van der Waals surface area contributed by atoms with Gasteiger partial charge in [-0.2, -0.15) is 0 Å². The molecule has 0 spiro atoms. The van der Waals surface area contributed by atoms with Gasteiger partial charge in [0.05, 0.1) is 18.3 Å². The van der Waals surface area contributed by atoms with E-state index in [2.05, 4.69) is 10.6 Å². The molecule has 2 aromatic rings. The van der Waals surface area contributed by atoms with Crippen LogP contribution in [0.4, 0.5) is 28.0 Å². The van der Waals surface area contributed by atoms with Gasteiger partial charge in [-0.15, -0.1) is 0 Å². The van der Waals surface area contributed by atoms with Crippen LogP contribution in [0, 0.1) is 23.3 Å². The van der Waals surface area contributed by atoms with Gasteiger partial charge < -0.3 is 15.5 Å². The standard InChI is InChI=1S/C18H15F4N3O2/c1-9(11-3-2-10(19)6-14(11)21)23-16(26)8-25-7-12-15(24-18(25)27)5-4-13(20)17(12)22/h2-6,9H,7-8H2,1H3,(H,23,26)(H,24,27)/t9-/m0/s1. The summed E-state index contributed by atoms with van der Waals surface area (Å²) >= 11 is 0. The summed E-state index contributed by atoms with van der Waals surface area (Å²) in [6.45, 7) is 0.751. The molecule has 0 aliphatic carbocycles. The fraction of sp³-hybridized carbons (Fsp3) is 0.222. The molecule has 142 valence electrons. The van der Waals surface area contributed by atoms with E-state index in [1.807, 2.05) is 0 Å². The number of halogens is 4. The Labute approximate surface area is 152 Å². The summed E-state index contributed by atoms with van der Waals surface area (Å²) in [7, 11) is 0. The molecule has 27 heavy (non-hydrogen) atoms. The van der Waals surface area contributed by atoms with E-state index in [-0.39, 0.29) is 23.4 Å². The van der Waals surface area contributed by atoms with Gasteiger partial charge in [0.2, 0.25) is 5.91 Å². The highest BCUT2D eigenvalue weighted by Crippen LogP contribution is 2.27. The molecule has 0 unspecified atom stereocenters. The number of carbonyl (C=O) groups is 2. The second kappa shape index (κ2) is 7.26. The zero-order valence-electron chi connectivity index (χ0n) is 14.2. The predicted octanol–water partition coefficient (Wildman–Crippen LogP) is 3.47. The number of amides is 3. The topological polar surface area (TPSA) is 61.4 Å². The fourth-order valence-corrected chi connectivity index (χ4v) is 2.84. The van der Waals surface area contributed by atoms with Gasteiger partial charge in [-0.1, -0.05) is 6.07 Å². The zero-order chi connectivity index (χ0) is 19.7. The maximum atomic E-state index is 13.9. The van der Waals surface area contributed by atoms with Crippen LogP contribution in [0.25, 0.3) is 0 Å². The molecule has 0 saturated carbocycles. The summed E-state index contributed by atoms with van der Waals surface area (Å²) in [6.07, 6.45) is 0. The average molecular weight is 381 g/mol. The largest absolute Gasteiger partial charge is 0.348 e. The van der Waals surface area contributed by atoms with Crippen LogP contribution in [0.2, 0.25) is 0 Å². The van der Waals surface area contributed by atoms with Crippen LogP contribution in [0.1, 0.15) is 24.1 Å². The lowest BCUT2D eigenvalue weighted by Crippen LogP contribution is -2.45. The van der Waals surface area contributed by atoms with Crippen molar-refractivity contribution in [3.8, 4) is 0 Å². The highest BCUT2D eigenvalue weighted by Gasteiger charge is 2.28. The first-order valence-corrected chi connectivity index (χ1v) is 8.03. The molecule has 2 N–H and O–H groups in total. The van der Waals surface area contributed by atoms with Crippen molar-refractivity contribution in [3.05, 3.63) is 64.7 Å². The average Bonchev–Trinajstić information content (AvgIpc) is 2.59. The van der Waals surface area contributed by atoms with E-state index in [9.17, 15) is 27.2 Å². The number of carbonyl (C=O) groups excluding carboxylic acids is 2.